The largest absolute Gasteiger partial charge is 0.320 e. The minimum atomic E-state index is -0.830. The minimum absolute atomic E-state index is 0.128. The smallest absolute Gasteiger partial charge is 0.270 e. The quantitative estimate of drug-likeness (QED) is 0.623. The summed E-state index contributed by atoms with van der Waals surface area (Å²) in [5.41, 5.74) is 7.65. The molecule has 0 spiro atoms. The highest BCUT2D eigenvalue weighted by Gasteiger charge is 2.22. The van der Waals surface area contributed by atoms with Gasteiger partial charge in [-0.1, -0.05) is 60.7 Å². The molecule has 5 heteroatoms. The van der Waals surface area contributed by atoms with Gasteiger partial charge >= 0.3 is 0 Å². The van der Waals surface area contributed by atoms with Crippen LogP contribution in [0.1, 0.15) is 11.1 Å². The maximum absolute atomic E-state index is 12.1. The summed E-state index contributed by atoms with van der Waals surface area (Å²) in [4.78, 5) is 28.4. The molecular formula is C17H18N2O3. The maximum atomic E-state index is 12.1. The van der Waals surface area contributed by atoms with E-state index in [1.165, 1.54) is 0 Å². The van der Waals surface area contributed by atoms with Gasteiger partial charge in [0.05, 0.1) is 6.04 Å². The third-order valence-corrected chi connectivity index (χ3v) is 3.14. The maximum Gasteiger partial charge on any atom is 0.270 e. The molecule has 0 aliphatic heterocycles. The van der Waals surface area contributed by atoms with E-state index in [1.807, 2.05) is 60.7 Å². The number of benzene rings is 2. The Morgan fingerprint density at radius 2 is 1.59 bits per heavy atom. The number of nitrogens with zero attached hydrogens (tertiary/aromatic N) is 1. The van der Waals surface area contributed by atoms with Crippen molar-refractivity contribution in [2.75, 3.05) is 0 Å². The molecule has 1 atom stereocenters. The predicted molar refractivity (Wildman–Crippen MR) is 82.3 cm³/mol. The van der Waals surface area contributed by atoms with Gasteiger partial charge in [-0.3, -0.25) is 14.4 Å². The average Bonchev–Trinajstić information content (AvgIpc) is 2.57. The van der Waals surface area contributed by atoms with Crippen LogP contribution in [0.3, 0.4) is 0 Å². The van der Waals surface area contributed by atoms with Crippen LogP contribution in [0.4, 0.5) is 0 Å². The summed E-state index contributed by atoms with van der Waals surface area (Å²) in [6.45, 7) is 0.128. The zero-order chi connectivity index (χ0) is 15.8. The Bertz CT molecular complexity index is 602. The summed E-state index contributed by atoms with van der Waals surface area (Å²) in [6, 6.07) is 17.8. The predicted octanol–water partition coefficient (Wildman–Crippen LogP) is 1.67. The number of hydrogen-bond acceptors (Lipinski definition) is 4. The highest BCUT2D eigenvalue weighted by Crippen LogP contribution is 2.06. The zero-order valence-corrected chi connectivity index (χ0v) is 12.1. The lowest BCUT2D eigenvalue weighted by molar-refractivity contribution is -0.190. The van der Waals surface area contributed by atoms with E-state index >= 15 is 0 Å². The highest BCUT2D eigenvalue weighted by molar-refractivity contribution is 5.88. The van der Waals surface area contributed by atoms with Gasteiger partial charge in [-0.15, -0.1) is 0 Å². The molecule has 0 aliphatic carbocycles. The van der Waals surface area contributed by atoms with E-state index in [0.29, 0.717) is 17.9 Å². The molecule has 0 aliphatic rings. The van der Waals surface area contributed by atoms with E-state index in [4.69, 9.17) is 10.6 Å². The number of nitrogens with two attached hydrogens (primary N) is 1. The van der Waals surface area contributed by atoms with Crippen LogP contribution in [0.5, 0.6) is 0 Å². The van der Waals surface area contributed by atoms with Gasteiger partial charge in [0.15, 0.2) is 0 Å². The van der Waals surface area contributed by atoms with Crippen LogP contribution in [-0.2, 0) is 27.5 Å². The molecule has 0 fully saturated rings. The second-order valence-electron chi connectivity index (χ2n) is 4.82. The number of imide groups is 1. The lowest BCUT2D eigenvalue weighted by Gasteiger charge is -2.19. The average molecular weight is 298 g/mol. The van der Waals surface area contributed by atoms with Crippen molar-refractivity contribution in [3.63, 3.8) is 0 Å². The number of rotatable bonds is 7. The van der Waals surface area contributed by atoms with Crippen molar-refractivity contribution in [3.05, 3.63) is 71.8 Å². The monoisotopic (exact) mass is 298 g/mol. The minimum Gasteiger partial charge on any atom is -0.320 e. The molecule has 2 aromatic carbocycles. The van der Waals surface area contributed by atoms with Crippen molar-refractivity contribution in [2.45, 2.75) is 19.1 Å². The van der Waals surface area contributed by atoms with E-state index in [1.54, 1.807) is 0 Å². The Morgan fingerprint density at radius 3 is 2.14 bits per heavy atom. The van der Waals surface area contributed by atoms with Gasteiger partial charge in [-0.05, 0) is 17.5 Å². The van der Waals surface area contributed by atoms with Gasteiger partial charge in [0.25, 0.3) is 5.91 Å². The van der Waals surface area contributed by atoms with E-state index in [-0.39, 0.29) is 6.61 Å². The number of amides is 2. The van der Waals surface area contributed by atoms with Crippen molar-refractivity contribution < 1.29 is 14.4 Å². The second kappa shape index (κ2) is 8.07. The molecule has 0 saturated heterocycles. The van der Waals surface area contributed by atoms with E-state index in [2.05, 4.69) is 0 Å². The van der Waals surface area contributed by atoms with Crippen molar-refractivity contribution in [1.82, 2.24) is 5.06 Å². The molecule has 0 radical (unpaired) electrons. The Balaban J connectivity index is 1.92. The van der Waals surface area contributed by atoms with Crippen molar-refractivity contribution in [3.8, 4) is 0 Å². The first-order valence-electron chi connectivity index (χ1n) is 6.95. The van der Waals surface area contributed by atoms with Crippen LogP contribution in [0.25, 0.3) is 0 Å². The van der Waals surface area contributed by atoms with Crippen LogP contribution in [0, 0.1) is 0 Å². The topological polar surface area (TPSA) is 72.6 Å². The number of hydrogen-bond donors (Lipinski definition) is 1. The fourth-order valence-electron chi connectivity index (χ4n) is 1.98. The number of hydroxylamine groups is 2. The molecule has 2 N–H and O–H groups in total. The first kappa shape index (κ1) is 15.9. The summed E-state index contributed by atoms with van der Waals surface area (Å²) in [5, 5.41) is 0.667. The number of carbonyl (C=O) groups is 2. The van der Waals surface area contributed by atoms with E-state index < -0.39 is 11.9 Å². The molecule has 114 valence electrons. The number of carbonyl (C=O) groups excluding carboxylic acids is 2. The molecule has 0 bridgehead atoms. The van der Waals surface area contributed by atoms with E-state index in [0.717, 1.165) is 11.1 Å². The van der Waals surface area contributed by atoms with Gasteiger partial charge in [-0.25, -0.2) is 0 Å². The SMILES string of the molecule is NC(Cc1ccccc1)C(=O)N(C=O)OCc1ccccc1. The molecule has 2 rings (SSSR count). The molecule has 22 heavy (non-hydrogen) atoms. The first-order valence-corrected chi connectivity index (χ1v) is 6.95. The third kappa shape index (κ3) is 4.51. The van der Waals surface area contributed by atoms with Gasteiger partial charge in [0.1, 0.15) is 6.61 Å². The van der Waals surface area contributed by atoms with Crippen LogP contribution in [-0.4, -0.2) is 23.4 Å². The van der Waals surface area contributed by atoms with Crippen LogP contribution in [0.2, 0.25) is 0 Å². The summed E-state index contributed by atoms with van der Waals surface area (Å²) in [6.07, 6.45) is 0.689. The summed E-state index contributed by atoms with van der Waals surface area (Å²) >= 11 is 0. The van der Waals surface area contributed by atoms with Gasteiger partial charge in [0, 0.05) is 0 Å². The molecule has 1 unspecified atom stereocenters. The summed E-state index contributed by atoms with van der Waals surface area (Å²) in [7, 11) is 0. The van der Waals surface area contributed by atoms with Crippen LogP contribution >= 0.6 is 0 Å². The van der Waals surface area contributed by atoms with E-state index in [9.17, 15) is 9.59 Å². The van der Waals surface area contributed by atoms with Crippen LogP contribution in [0.15, 0.2) is 60.7 Å². The second-order valence-corrected chi connectivity index (χ2v) is 4.82. The van der Waals surface area contributed by atoms with Crippen molar-refractivity contribution in [1.29, 1.82) is 0 Å². The fraction of sp³-hybridized carbons (Fsp3) is 0.176. The first-order chi connectivity index (χ1) is 10.7. The lowest BCUT2D eigenvalue weighted by atomic mass is 10.1. The molecule has 0 heterocycles. The van der Waals surface area contributed by atoms with Crippen molar-refractivity contribution in [2.24, 2.45) is 5.73 Å². The fourth-order valence-corrected chi connectivity index (χ4v) is 1.98. The summed E-state index contributed by atoms with van der Waals surface area (Å²) in [5.74, 6) is -0.560. The molecule has 0 saturated carbocycles. The molecule has 2 aromatic rings. The third-order valence-electron chi connectivity index (χ3n) is 3.14. The van der Waals surface area contributed by atoms with Gasteiger partial charge in [-0.2, -0.15) is 5.06 Å². The summed E-state index contributed by atoms with van der Waals surface area (Å²) < 4.78 is 0. The van der Waals surface area contributed by atoms with Gasteiger partial charge < -0.3 is 5.73 Å². The standard InChI is InChI=1S/C17H18N2O3/c18-16(11-14-7-3-1-4-8-14)17(21)19(13-20)22-12-15-9-5-2-6-10-15/h1-10,13,16H,11-12,18H2. The Morgan fingerprint density at radius 1 is 1.05 bits per heavy atom. The van der Waals surface area contributed by atoms with Gasteiger partial charge in [0.2, 0.25) is 6.41 Å². The molecule has 2 amide bonds. The molecular weight excluding hydrogens is 280 g/mol. The normalized spacial score (nSPS) is 11.7. The molecule has 5 nitrogen and oxygen atoms in total. The Kier molecular flexibility index (Phi) is 5.82. The van der Waals surface area contributed by atoms with Crippen LogP contribution < -0.4 is 5.73 Å². The highest BCUT2D eigenvalue weighted by atomic mass is 16.7. The van der Waals surface area contributed by atoms with Crippen molar-refractivity contribution >= 4 is 12.3 Å². The molecule has 0 aromatic heterocycles. The zero-order valence-electron chi connectivity index (χ0n) is 12.1. The Labute approximate surface area is 129 Å². The Hall–Kier alpha value is -2.50. The lowest BCUT2D eigenvalue weighted by Crippen LogP contribution is -2.44.